The molecule has 0 spiro atoms. The van der Waals surface area contributed by atoms with Gasteiger partial charge in [0.2, 0.25) is 0 Å². The van der Waals surface area contributed by atoms with E-state index in [0.717, 1.165) is 17.5 Å². The van der Waals surface area contributed by atoms with Crippen molar-refractivity contribution in [2.45, 2.75) is 20.3 Å². The number of carbonyl (C=O) groups excluding carboxylic acids is 1. The fourth-order valence-corrected chi connectivity index (χ4v) is 2.82. The van der Waals surface area contributed by atoms with Gasteiger partial charge in [0.15, 0.2) is 5.75 Å². The summed E-state index contributed by atoms with van der Waals surface area (Å²) >= 11 is 11.7. The van der Waals surface area contributed by atoms with Crippen molar-refractivity contribution >= 4 is 34.8 Å². The number of aromatic hydroxyl groups is 1. The summed E-state index contributed by atoms with van der Waals surface area (Å²) in [6, 6.07) is 6.57. The van der Waals surface area contributed by atoms with Crippen molar-refractivity contribution in [3.63, 3.8) is 0 Å². The molecule has 0 saturated heterocycles. The van der Waals surface area contributed by atoms with E-state index in [1.807, 2.05) is 26.0 Å². The highest BCUT2D eigenvalue weighted by Gasteiger charge is 2.16. The summed E-state index contributed by atoms with van der Waals surface area (Å²) in [4.78, 5) is 12.4. The maximum atomic E-state index is 12.4. The van der Waals surface area contributed by atoms with Gasteiger partial charge in [0.25, 0.3) is 5.91 Å². The minimum absolute atomic E-state index is 0.0214. The molecular formula is C17H17Cl2NO3. The molecule has 0 aliphatic carbocycles. The molecule has 0 aliphatic heterocycles. The molecule has 0 fully saturated rings. The summed E-state index contributed by atoms with van der Waals surface area (Å²) in [5, 5.41) is 12.4. The van der Waals surface area contributed by atoms with Gasteiger partial charge in [0.05, 0.1) is 22.8 Å². The van der Waals surface area contributed by atoms with Crippen LogP contribution in [0.3, 0.4) is 0 Å². The number of phenolic OH excluding ortho intramolecular Hbond substituents is 1. The Kier molecular flexibility index (Phi) is 5.39. The zero-order valence-corrected chi connectivity index (χ0v) is 14.5. The first kappa shape index (κ1) is 17.4. The van der Waals surface area contributed by atoms with Crippen LogP contribution in [-0.4, -0.2) is 18.1 Å². The van der Waals surface area contributed by atoms with Gasteiger partial charge in [-0.1, -0.05) is 36.2 Å². The lowest BCUT2D eigenvalue weighted by molar-refractivity contribution is 0.102. The first-order valence-electron chi connectivity index (χ1n) is 7.04. The van der Waals surface area contributed by atoms with E-state index in [-0.39, 0.29) is 27.3 Å². The van der Waals surface area contributed by atoms with Crippen LogP contribution >= 0.6 is 23.2 Å². The Morgan fingerprint density at radius 2 is 1.83 bits per heavy atom. The van der Waals surface area contributed by atoms with Crippen LogP contribution in [0.1, 0.15) is 28.4 Å². The van der Waals surface area contributed by atoms with Crippen molar-refractivity contribution in [1.29, 1.82) is 0 Å². The topological polar surface area (TPSA) is 58.6 Å². The molecule has 2 N–H and O–H groups in total. The van der Waals surface area contributed by atoms with Crippen LogP contribution in [0.4, 0.5) is 5.69 Å². The second-order valence-corrected chi connectivity index (χ2v) is 5.92. The number of benzene rings is 2. The molecular weight excluding hydrogens is 337 g/mol. The molecule has 0 atom stereocenters. The Morgan fingerprint density at radius 3 is 2.35 bits per heavy atom. The van der Waals surface area contributed by atoms with Gasteiger partial charge in [-0.2, -0.15) is 0 Å². The Hall–Kier alpha value is -1.91. The highest BCUT2D eigenvalue weighted by atomic mass is 35.5. The summed E-state index contributed by atoms with van der Waals surface area (Å²) in [5.74, 6) is -0.00605. The number of rotatable bonds is 4. The van der Waals surface area contributed by atoms with Crippen LogP contribution in [0.25, 0.3) is 0 Å². The molecule has 2 aromatic carbocycles. The summed E-state index contributed by atoms with van der Waals surface area (Å²) in [5.41, 5.74) is 2.85. The standard InChI is InChI=1S/C17H17Cl2NO3/c1-4-10-5-9(2)6-14(16(10)23-3)20-17(22)11-7-12(18)15(21)13(19)8-11/h5-8,21H,4H2,1-3H3,(H,20,22). The van der Waals surface area contributed by atoms with Crippen molar-refractivity contribution in [3.8, 4) is 11.5 Å². The highest BCUT2D eigenvalue weighted by molar-refractivity contribution is 6.37. The maximum absolute atomic E-state index is 12.4. The number of aryl methyl sites for hydroxylation is 2. The average Bonchev–Trinajstić information content (AvgIpc) is 2.51. The number of halogens is 2. The summed E-state index contributed by atoms with van der Waals surface area (Å²) in [6.07, 6.45) is 0.782. The van der Waals surface area contributed by atoms with Crippen LogP contribution in [-0.2, 0) is 6.42 Å². The van der Waals surface area contributed by atoms with E-state index in [2.05, 4.69) is 5.32 Å². The fraction of sp³-hybridized carbons (Fsp3) is 0.235. The van der Waals surface area contributed by atoms with Crippen molar-refractivity contribution in [3.05, 3.63) is 51.0 Å². The smallest absolute Gasteiger partial charge is 0.255 e. The van der Waals surface area contributed by atoms with Crippen LogP contribution in [0.5, 0.6) is 11.5 Å². The van der Waals surface area contributed by atoms with Gasteiger partial charge in [-0.15, -0.1) is 0 Å². The Bertz CT molecular complexity index is 737. The van der Waals surface area contributed by atoms with Gasteiger partial charge in [-0.25, -0.2) is 0 Å². The average molecular weight is 354 g/mol. The highest BCUT2D eigenvalue weighted by Crippen LogP contribution is 2.34. The van der Waals surface area contributed by atoms with Gasteiger partial charge in [0.1, 0.15) is 5.75 Å². The fourth-order valence-electron chi connectivity index (χ4n) is 2.34. The molecule has 0 saturated carbocycles. The lowest BCUT2D eigenvalue weighted by Crippen LogP contribution is -2.13. The Labute approximate surface area is 145 Å². The van der Waals surface area contributed by atoms with Crippen LogP contribution in [0, 0.1) is 6.92 Å². The number of amides is 1. The van der Waals surface area contributed by atoms with Crippen LogP contribution < -0.4 is 10.1 Å². The number of phenols is 1. The number of nitrogens with one attached hydrogen (secondary N) is 1. The quantitative estimate of drug-likeness (QED) is 0.827. The third-order valence-electron chi connectivity index (χ3n) is 3.42. The zero-order valence-electron chi connectivity index (χ0n) is 13.0. The number of hydrogen-bond donors (Lipinski definition) is 2. The summed E-state index contributed by atoms with van der Waals surface area (Å²) in [6.45, 7) is 3.96. The predicted molar refractivity (Wildman–Crippen MR) is 93.2 cm³/mol. The SMILES string of the molecule is CCc1cc(C)cc(NC(=O)c2cc(Cl)c(O)c(Cl)c2)c1OC. The zero-order chi connectivity index (χ0) is 17.1. The molecule has 0 aromatic heterocycles. The van der Waals surface area contributed by atoms with Gasteiger partial charge in [-0.3, -0.25) is 4.79 Å². The third kappa shape index (κ3) is 3.71. The molecule has 6 heteroatoms. The predicted octanol–water partition coefficient (Wildman–Crippen LogP) is 4.83. The molecule has 2 aromatic rings. The van der Waals surface area contributed by atoms with Gasteiger partial charge < -0.3 is 15.2 Å². The lowest BCUT2D eigenvalue weighted by Gasteiger charge is -2.15. The molecule has 0 aliphatic rings. The molecule has 0 heterocycles. The number of methoxy groups -OCH3 is 1. The Balaban J connectivity index is 2.39. The second-order valence-electron chi connectivity index (χ2n) is 5.10. The minimum atomic E-state index is -0.389. The van der Waals surface area contributed by atoms with E-state index in [1.165, 1.54) is 12.1 Å². The number of ether oxygens (including phenoxy) is 1. The van der Waals surface area contributed by atoms with Gasteiger partial charge >= 0.3 is 0 Å². The maximum Gasteiger partial charge on any atom is 0.255 e. The van der Waals surface area contributed by atoms with Crippen molar-refractivity contribution in [1.82, 2.24) is 0 Å². The van der Waals surface area contributed by atoms with Crippen LogP contribution in [0.2, 0.25) is 10.0 Å². The molecule has 2 rings (SSSR count). The minimum Gasteiger partial charge on any atom is -0.505 e. The Morgan fingerprint density at radius 1 is 1.22 bits per heavy atom. The van der Waals surface area contributed by atoms with Gasteiger partial charge in [0, 0.05) is 5.56 Å². The lowest BCUT2D eigenvalue weighted by atomic mass is 10.1. The molecule has 4 nitrogen and oxygen atoms in total. The summed E-state index contributed by atoms with van der Waals surface area (Å²) in [7, 11) is 1.56. The van der Waals surface area contributed by atoms with E-state index in [9.17, 15) is 9.90 Å². The number of hydrogen-bond acceptors (Lipinski definition) is 3. The van der Waals surface area contributed by atoms with E-state index < -0.39 is 0 Å². The third-order valence-corrected chi connectivity index (χ3v) is 4.00. The molecule has 0 unspecified atom stereocenters. The molecule has 122 valence electrons. The molecule has 23 heavy (non-hydrogen) atoms. The second kappa shape index (κ2) is 7.11. The van der Waals surface area contributed by atoms with Gasteiger partial charge in [-0.05, 0) is 42.7 Å². The number of anilines is 1. The van der Waals surface area contributed by atoms with E-state index in [1.54, 1.807) is 7.11 Å². The summed E-state index contributed by atoms with van der Waals surface area (Å²) < 4.78 is 5.42. The van der Waals surface area contributed by atoms with Crippen molar-refractivity contribution < 1.29 is 14.6 Å². The number of carbonyl (C=O) groups is 1. The molecule has 1 amide bonds. The first-order valence-corrected chi connectivity index (χ1v) is 7.79. The molecule has 0 bridgehead atoms. The monoisotopic (exact) mass is 353 g/mol. The van der Waals surface area contributed by atoms with Crippen molar-refractivity contribution in [2.24, 2.45) is 0 Å². The van der Waals surface area contributed by atoms with E-state index >= 15 is 0 Å². The van der Waals surface area contributed by atoms with Crippen molar-refractivity contribution in [2.75, 3.05) is 12.4 Å². The van der Waals surface area contributed by atoms with E-state index in [0.29, 0.717) is 11.4 Å². The molecule has 0 radical (unpaired) electrons. The largest absolute Gasteiger partial charge is 0.505 e. The first-order chi connectivity index (χ1) is 10.9. The van der Waals surface area contributed by atoms with Crippen LogP contribution in [0.15, 0.2) is 24.3 Å². The normalized spacial score (nSPS) is 10.5. The van der Waals surface area contributed by atoms with E-state index in [4.69, 9.17) is 27.9 Å².